The summed E-state index contributed by atoms with van der Waals surface area (Å²) in [7, 11) is 0. The van der Waals surface area contributed by atoms with Gasteiger partial charge in [-0.25, -0.2) is 0 Å². The Bertz CT molecular complexity index is 1120. The first-order valence-corrected chi connectivity index (χ1v) is 10.6. The molecule has 166 valence electrons. The highest BCUT2D eigenvalue weighted by atomic mass is 16.5. The molecule has 32 heavy (non-hydrogen) atoms. The zero-order chi connectivity index (χ0) is 22.5. The van der Waals surface area contributed by atoms with Crippen LogP contribution in [-0.4, -0.2) is 41.5 Å². The van der Waals surface area contributed by atoms with E-state index < -0.39 is 12.1 Å². The van der Waals surface area contributed by atoms with Gasteiger partial charge in [0.25, 0.3) is 5.91 Å². The van der Waals surface area contributed by atoms with E-state index >= 15 is 0 Å². The van der Waals surface area contributed by atoms with Crippen molar-refractivity contribution in [3.8, 4) is 0 Å². The third-order valence-corrected chi connectivity index (χ3v) is 5.44. The summed E-state index contributed by atoms with van der Waals surface area (Å²) in [5, 5.41) is 9.42. The van der Waals surface area contributed by atoms with E-state index in [-0.39, 0.29) is 17.7 Å². The molecule has 3 aromatic rings. The van der Waals surface area contributed by atoms with E-state index in [0.29, 0.717) is 24.4 Å². The number of ether oxygens (including phenoxy) is 1. The highest BCUT2D eigenvalue weighted by Gasteiger charge is 2.24. The summed E-state index contributed by atoms with van der Waals surface area (Å²) in [4.78, 5) is 40.0. The van der Waals surface area contributed by atoms with Gasteiger partial charge in [-0.2, -0.15) is 0 Å². The van der Waals surface area contributed by atoms with Gasteiger partial charge in [0.2, 0.25) is 11.8 Å². The largest absolute Gasteiger partial charge is 0.368 e. The number of aromatic nitrogens is 1. The number of carbonyl (C=O) groups is 3. The minimum absolute atomic E-state index is 0.163. The molecule has 0 aliphatic carbocycles. The van der Waals surface area contributed by atoms with Gasteiger partial charge in [-0.05, 0) is 48.7 Å². The Kier molecular flexibility index (Phi) is 6.51. The average molecular weight is 434 g/mol. The van der Waals surface area contributed by atoms with Crippen LogP contribution in [0, 0.1) is 0 Å². The predicted octanol–water partition coefficient (Wildman–Crippen LogP) is 2.97. The summed E-state index contributed by atoms with van der Waals surface area (Å²) in [5.74, 6) is -0.762. The molecule has 1 fully saturated rings. The molecular weight excluding hydrogens is 408 g/mol. The van der Waals surface area contributed by atoms with Crippen LogP contribution in [0.1, 0.15) is 25.3 Å². The van der Waals surface area contributed by atoms with Crippen molar-refractivity contribution in [1.29, 1.82) is 0 Å². The highest BCUT2D eigenvalue weighted by Crippen LogP contribution is 2.21. The molecule has 1 aliphatic heterocycles. The second kappa shape index (κ2) is 9.65. The van der Waals surface area contributed by atoms with E-state index in [1.54, 1.807) is 24.3 Å². The van der Waals surface area contributed by atoms with E-state index in [1.165, 1.54) is 6.92 Å². The lowest BCUT2D eigenvalue weighted by atomic mass is 10.0. The van der Waals surface area contributed by atoms with Crippen molar-refractivity contribution in [3.05, 3.63) is 60.3 Å². The van der Waals surface area contributed by atoms with Gasteiger partial charge in [-0.1, -0.05) is 18.2 Å². The van der Waals surface area contributed by atoms with Crippen molar-refractivity contribution in [2.24, 2.45) is 0 Å². The fraction of sp³-hybridized carbons (Fsp3) is 0.292. The van der Waals surface area contributed by atoms with Crippen molar-refractivity contribution in [2.75, 3.05) is 17.2 Å². The van der Waals surface area contributed by atoms with Crippen LogP contribution in [0.2, 0.25) is 0 Å². The number of benzene rings is 2. The molecule has 3 amide bonds. The second-order valence-electron chi connectivity index (χ2n) is 7.87. The first-order valence-electron chi connectivity index (χ1n) is 10.6. The molecule has 0 radical (unpaired) electrons. The number of nitrogens with one attached hydrogen (secondary N) is 4. The Labute approximate surface area is 185 Å². The van der Waals surface area contributed by atoms with Crippen LogP contribution in [0.4, 0.5) is 11.4 Å². The number of anilines is 2. The van der Waals surface area contributed by atoms with Crippen molar-refractivity contribution in [2.45, 2.75) is 38.3 Å². The van der Waals surface area contributed by atoms with Gasteiger partial charge < -0.3 is 25.7 Å². The summed E-state index contributed by atoms with van der Waals surface area (Å²) in [6.45, 7) is 2.00. The number of hydrogen-bond acceptors (Lipinski definition) is 4. The van der Waals surface area contributed by atoms with Gasteiger partial charge in [-0.15, -0.1) is 0 Å². The quantitative estimate of drug-likeness (QED) is 0.458. The van der Waals surface area contributed by atoms with Crippen LogP contribution in [-0.2, 0) is 25.5 Å². The molecule has 2 aromatic carbocycles. The Hall–Kier alpha value is -3.65. The maximum Gasteiger partial charge on any atom is 0.253 e. The molecule has 1 aliphatic rings. The van der Waals surface area contributed by atoms with Crippen molar-refractivity contribution in [1.82, 2.24) is 10.3 Å². The zero-order valence-corrected chi connectivity index (χ0v) is 17.8. The number of rotatable bonds is 7. The fourth-order valence-corrected chi connectivity index (χ4v) is 3.85. The van der Waals surface area contributed by atoms with Gasteiger partial charge in [-0.3, -0.25) is 14.4 Å². The molecule has 8 heteroatoms. The first kappa shape index (κ1) is 21.6. The topological polar surface area (TPSA) is 112 Å². The Morgan fingerprint density at radius 3 is 2.47 bits per heavy atom. The number of hydrogen-bond donors (Lipinski definition) is 4. The third-order valence-electron chi connectivity index (χ3n) is 5.44. The monoisotopic (exact) mass is 434 g/mol. The number of amides is 3. The average Bonchev–Trinajstić information content (AvgIpc) is 3.45. The number of para-hydroxylation sites is 1. The Morgan fingerprint density at radius 1 is 1.06 bits per heavy atom. The molecule has 4 rings (SSSR count). The summed E-state index contributed by atoms with van der Waals surface area (Å²) in [6, 6.07) is 13.9. The van der Waals surface area contributed by atoms with E-state index in [9.17, 15) is 14.4 Å². The Morgan fingerprint density at radius 2 is 1.78 bits per heavy atom. The minimum Gasteiger partial charge on any atom is -0.368 e. The number of H-pyrrole nitrogens is 1. The van der Waals surface area contributed by atoms with Crippen LogP contribution >= 0.6 is 0 Å². The molecule has 4 N–H and O–H groups in total. The molecule has 0 bridgehead atoms. The van der Waals surface area contributed by atoms with Gasteiger partial charge in [0, 0.05) is 48.4 Å². The predicted molar refractivity (Wildman–Crippen MR) is 122 cm³/mol. The summed E-state index contributed by atoms with van der Waals surface area (Å²) < 4.78 is 5.39. The summed E-state index contributed by atoms with van der Waals surface area (Å²) in [5.41, 5.74) is 3.12. The summed E-state index contributed by atoms with van der Waals surface area (Å²) in [6.07, 6.45) is 3.42. The third kappa shape index (κ3) is 5.15. The molecule has 0 unspecified atom stereocenters. The standard InChI is InChI=1S/C24H26N4O4/c1-15(29)26-21(13-16-14-25-20-6-3-2-5-19(16)20)23(30)27-17-8-10-18(11-9-17)28-24(31)22-7-4-12-32-22/h2-3,5-6,8-11,14,21-22,25H,4,7,12-13H2,1H3,(H,26,29)(H,27,30)(H,28,31)/t21-,22-/m0/s1. The number of carbonyl (C=O) groups excluding carboxylic acids is 3. The van der Waals surface area contributed by atoms with E-state index in [1.807, 2.05) is 30.5 Å². The fourth-order valence-electron chi connectivity index (χ4n) is 3.85. The van der Waals surface area contributed by atoms with Gasteiger partial charge in [0.1, 0.15) is 12.1 Å². The smallest absolute Gasteiger partial charge is 0.253 e. The molecule has 1 saturated heterocycles. The molecule has 2 atom stereocenters. The van der Waals surface area contributed by atoms with E-state index in [0.717, 1.165) is 29.3 Å². The zero-order valence-electron chi connectivity index (χ0n) is 17.8. The molecule has 1 aromatic heterocycles. The summed E-state index contributed by atoms with van der Waals surface area (Å²) >= 11 is 0. The lowest BCUT2D eigenvalue weighted by Crippen LogP contribution is -2.44. The SMILES string of the molecule is CC(=O)N[C@@H](Cc1c[nH]c2ccccc12)C(=O)Nc1ccc(NC(=O)[C@@H]2CCCO2)cc1. The van der Waals surface area contributed by atoms with Crippen molar-refractivity contribution >= 4 is 40.0 Å². The Balaban J connectivity index is 1.41. The second-order valence-corrected chi connectivity index (χ2v) is 7.87. The van der Waals surface area contributed by atoms with Gasteiger partial charge in [0.05, 0.1) is 0 Å². The van der Waals surface area contributed by atoms with Crippen LogP contribution in [0.25, 0.3) is 10.9 Å². The maximum absolute atomic E-state index is 12.9. The molecule has 8 nitrogen and oxygen atoms in total. The molecular formula is C24H26N4O4. The van der Waals surface area contributed by atoms with E-state index in [2.05, 4.69) is 20.9 Å². The van der Waals surface area contributed by atoms with Crippen LogP contribution in [0.15, 0.2) is 54.7 Å². The number of aromatic amines is 1. The van der Waals surface area contributed by atoms with Crippen LogP contribution < -0.4 is 16.0 Å². The van der Waals surface area contributed by atoms with Gasteiger partial charge in [0.15, 0.2) is 0 Å². The van der Waals surface area contributed by atoms with Crippen molar-refractivity contribution < 1.29 is 19.1 Å². The maximum atomic E-state index is 12.9. The van der Waals surface area contributed by atoms with Crippen LogP contribution in [0.5, 0.6) is 0 Å². The van der Waals surface area contributed by atoms with Crippen molar-refractivity contribution in [3.63, 3.8) is 0 Å². The van der Waals surface area contributed by atoms with Gasteiger partial charge >= 0.3 is 0 Å². The van der Waals surface area contributed by atoms with E-state index in [4.69, 9.17) is 4.74 Å². The normalized spacial score (nSPS) is 16.5. The number of fused-ring (bicyclic) bond motifs is 1. The molecule has 2 heterocycles. The highest BCUT2D eigenvalue weighted by molar-refractivity contribution is 5.98. The lowest BCUT2D eigenvalue weighted by molar-refractivity contribution is -0.125. The lowest BCUT2D eigenvalue weighted by Gasteiger charge is -2.18. The minimum atomic E-state index is -0.731. The molecule has 0 saturated carbocycles. The van der Waals surface area contributed by atoms with Crippen LogP contribution in [0.3, 0.4) is 0 Å². The first-order chi connectivity index (χ1) is 15.5. The molecule has 0 spiro atoms.